The smallest absolute Gasteiger partial charge is 0.355 e. The third kappa shape index (κ3) is 6.09. The summed E-state index contributed by atoms with van der Waals surface area (Å²) in [5.41, 5.74) is 4.71. The Morgan fingerprint density at radius 1 is 1.08 bits per heavy atom. The van der Waals surface area contributed by atoms with Gasteiger partial charge in [-0.15, -0.1) is 0 Å². The van der Waals surface area contributed by atoms with Crippen LogP contribution in [-0.4, -0.2) is 61.8 Å². The summed E-state index contributed by atoms with van der Waals surface area (Å²) in [6.07, 6.45) is 7.65. The summed E-state index contributed by atoms with van der Waals surface area (Å²) in [5, 5.41) is 18.8. The maximum atomic E-state index is 13.7. The molecule has 0 spiro atoms. The molecule has 3 aromatic heterocycles. The number of para-hydroxylation sites is 1. The molecular formula is C36H36N6O5S. The number of nitrogens with one attached hydrogen (secondary N) is 1. The highest BCUT2D eigenvalue weighted by Gasteiger charge is 2.36. The van der Waals surface area contributed by atoms with E-state index in [1.165, 1.54) is 17.5 Å². The summed E-state index contributed by atoms with van der Waals surface area (Å²) in [5.74, 6) is -0.738. The number of amides is 1. The number of hydrogen-bond donors (Lipinski definition) is 2. The largest absolute Gasteiger partial charge is 0.476 e. The lowest BCUT2D eigenvalue weighted by Gasteiger charge is -2.37. The van der Waals surface area contributed by atoms with Crippen molar-refractivity contribution in [2.75, 3.05) is 23.4 Å². The molecule has 0 bridgehead atoms. The van der Waals surface area contributed by atoms with Crippen LogP contribution in [0.3, 0.4) is 0 Å². The molecule has 2 aromatic carbocycles. The van der Waals surface area contributed by atoms with Crippen LogP contribution in [-0.2, 0) is 29.0 Å². The number of carboxylic acid groups (broad SMARTS) is 1. The Hall–Kier alpha value is -4.94. The first-order valence-electron chi connectivity index (χ1n) is 16.2. The van der Waals surface area contributed by atoms with Gasteiger partial charge in [0, 0.05) is 41.7 Å². The number of pyridine rings is 1. The summed E-state index contributed by atoms with van der Waals surface area (Å²) in [6.45, 7) is 3.40. The van der Waals surface area contributed by atoms with Crippen LogP contribution in [0.1, 0.15) is 69.8 Å². The Kier molecular flexibility index (Phi) is 8.76. The van der Waals surface area contributed by atoms with E-state index in [9.17, 15) is 19.5 Å². The predicted octanol–water partition coefficient (Wildman–Crippen LogP) is 6.29. The van der Waals surface area contributed by atoms with Gasteiger partial charge >= 0.3 is 5.97 Å². The number of nitrogens with zero attached hydrogens (tertiary/aromatic N) is 5. The zero-order valence-corrected chi connectivity index (χ0v) is 27.5. The van der Waals surface area contributed by atoms with E-state index in [-0.39, 0.29) is 18.2 Å². The SMILES string of the molecule is Cc1c(-c2cccnc2C(=O)O)c(N2CCc3cccc(C(=O)Nc4nc5ccccc5s4)c3C2)nn1CC1(OCC=O)CCCCC1. The molecule has 0 unspecified atom stereocenters. The molecule has 4 heterocycles. The van der Waals surface area contributed by atoms with Crippen LogP contribution < -0.4 is 10.2 Å². The van der Waals surface area contributed by atoms with Gasteiger partial charge < -0.3 is 19.5 Å². The van der Waals surface area contributed by atoms with Gasteiger partial charge in [0.05, 0.1) is 22.4 Å². The number of anilines is 2. The predicted molar refractivity (Wildman–Crippen MR) is 184 cm³/mol. The fourth-order valence-corrected chi connectivity index (χ4v) is 7.95. The van der Waals surface area contributed by atoms with Gasteiger partial charge in [0.25, 0.3) is 5.91 Å². The Labute approximate surface area is 281 Å². The maximum Gasteiger partial charge on any atom is 0.355 e. The number of thiazole rings is 1. The number of aromatic carboxylic acids is 1. The van der Waals surface area contributed by atoms with Crippen molar-refractivity contribution in [3.63, 3.8) is 0 Å². The number of hydrogen-bond acceptors (Lipinski definition) is 9. The number of ether oxygens (including phenoxy) is 1. The first-order valence-corrected chi connectivity index (χ1v) is 17.0. The van der Waals surface area contributed by atoms with Crippen LogP contribution in [0.25, 0.3) is 21.3 Å². The molecule has 48 heavy (non-hydrogen) atoms. The molecular weight excluding hydrogens is 629 g/mol. The molecule has 5 aromatic rings. The van der Waals surface area contributed by atoms with E-state index >= 15 is 0 Å². The van der Waals surface area contributed by atoms with E-state index < -0.39 is 11.6 Å². The molecule has 0 atom stereocenters. The summed E-state index contributed by atoms with van der Waals surface area (Å²) >= 11 is 1.43. The normalized spacial score (nSPS) is 15.6. The van der Waals surface area contributed by atoms with Crippen molar-refractivity contribution in [3.8, 4) is 11.1 Å². The average Bonchev–Trinajstić information content (AvgIpc) is 3.66. The second-order valence-corrected chi connectivity index (χ2v) is 13.5. The van der Waals surface area contributed by atoms with Crippen molar-refractivity contribution >= 4 is 50.7 Å². The highest BCUT2D eigenvalue weighted by Crippen LogP contribution is 2.40. The van der Waals surface area contributed by atoms with E-state index in [1.54, 1.807) is 12.1 Å². The third-order valence-corrected chi connectivity index (χ3v) is 10.4. The van der Waals surface area contributed by atoms with Gasteiger partial charge in [-0.3, -0.25) is 14.8 Å². The quantitative estimate of drug-likeness (QED) is 0.165. The van der Waals surface area contributed by atoms with Gasteiger partial charge in [-0.1, -0.05) is 60.9 Å². The van der Waals surface area contributed by atoms with Crippen LogP contribution in [0.5, 0.6) is 0 Å². The molecule has 7 rings (SSSR count). The molecule has 1 aliphatic heterocycles. The zero-order chi connectivity index (χ0) is 33.3. The first kappa shape index (κ1) is 31.6. The number of carbonyl (C=O) groups excluding carboxylic acids is 2. The number of fused-ring (bicyclic) bond motifs is 2. The first-order chi connectivity index (χ1) is 23.4. The Balaban J connectivity index is 1.27. The van der Waals surface area contributed by atoms with Crippen molar-refractivity contribution in [1.82, 2.24) is 19.7 Å². The van der Waals surface area contributed by atoms with E-state index in [0.717, 1.165) is 65.4 Å². The molecule has 0 radical (unpaired) electrons. The van der Waals surface area contributed by atoms with Crippen molar-refractivity contribution in [2.45, 2.75) is 64.1 Å². The van der Waals surface area contributed by atoms with Crippen molar-refractivity contribution < 1.29 is 24.2 Å². The number of aldehydes is 1. The Morgan fingerprint density at radius 3 is 2.71 bits per heavy atom. The van der Waals surface area contributed by atoms with Gasteiger partial charge in [0.15, 0.2) is 16.6 Å². The molecule has 0 saturated heterocycles. The second-order valence-electron chi connectivity index (χ2n) is 12.4. The van der Waals surface area contributed by atoms with E-state index in [4.69, 9.17) is 9.84 Å². The molecule has 2 N–H and O–H groups in total. The lowest BCUT2D eigenvalue weighted by Crippen LogP contribution is -2.40. The van der Waals surface area contributed by atoms with Gasteiger partial charge in [-0.25, -0.2) is 14.8 Å². The summed E-state index contributed by atoms with van der Waals surface area (Å²) in [6, 6.07) is 17.1. The number of benzene rings is 2. The number of rotatable bonds is 10. The minimum Gasteiger partial charge on any atom is -0.476 e. The number of carbonyl (C=O) groups is 3. The van der Waals surface area contributed by atoms with Crippen LogP contribution in [0, 0.1) is 6.92 Å². The van der Waals surface area contributed by atoms with Gasteiger partial charge in [-0.05, 0) is 61.6 Å². The van der Waals surface area contributed by atoms with Crippen molar-refractivity contribution in [2.24, 2.45) is 0 Å². The van der Waals surface area contributed by atoms with E-state index in [2.05, 4.69) is 20.2 Å². The van der Waals surface area contributed by atoms with Gasteiger partial charge in [-0.2, -0.15) is 5.10 Å². The van der Waals surface area contributed by atoms with Crippen LogP contribution >= 0.6 is 11.3 Å². The van der Waals surface area contributed by atoms with E-state index in [0.29, 0.717) is 53.7 Å². The van der Waals surface area contributed by atoms with Crippen molar-refractivity contribution in [1.29, 1.82) is 0 Å². The molecule has 11 nitrogen and oxygen atoms in total. The lowest BCUT2D eigenvalue weighted by atomic mass is 9.84. The molecule has 1 saturated carbocycles. The summed E-state index contributed by atoms with van der Waals surface area (Å²) in [4.78, 5) is 48.3. The fraction of sp³-hybridized carbons (Fsp3) is 0.333. The minimum atomic E-state index is -1.13. The van der Waals surface area contributed by atoms with Crippen LogP contribution in [0.15, 0.2) is 60.8 Å². The lowest BCUT2D eigenvalue weighted by molar-refractivity contribution is -0.125. The fourth-order valence-electron chi connectivity index (χ4n) is 7.09. The monoisotopic (exact) mass is 664 g/mol. The van der Waals surface area contributed by atoms with Gasteiger partial charge in [0.1, 0.15) is 12.9 Å². The molecule has 12 heteroatoms. The Bertz CT molecular complexity index is 1980. The zero-order valence-electron chi connectivity index (χ0n) is 26.6. The molecule has 2 aliphatic rings. The molecule has 1 aliphatic carbocycles. The average molecular weight is 665 g/mol. The second kappa shape index (κ2) is 13.3. The highest BCUT2D eigenvalue weighted by molar-refractivity contribution is 7.22. The number of carboxylic acids is 1. The summed E-state index contributed by atoms with van der Waals surface area (Å²) in [7, 11) is 0. The van der Waals surface area contributed by atoms with Crippen LogP contribution in [0.2, 0.25) is 0 Å². The topological polar surface area (TPSA) is 140 Å². The standard InChI is InChI=1S/C36H36N6O5S/c1-23-30(26-11-8-17-37-31(26)34(45)46)32(40-42(23)22-36(47-20-19-43)15-5-2-6-16-36)41-18-14-24-9-7-10-25(27(24)21-41)33(44)39-35-38-28-12-3-4-13-29(28)48-35/h3-4,7-13,17,19H,2,5-6,14-16,18,20-22H2,1H3,(H,45,46)(H,38,39,44). The number of aromatic nitrogens is 4. The van der Waals surface area contributed by atoms with Crippen molar-refractivity contribution in [3.05, 3.63) is 88.9 Å². The van der Waals surface area contributed by atoms with E-state index in [1.807, 2.05) is 54.1 Å². The molecule has 1 fully saturated rings. The van der Waals surface area contributed by atoms with Crippen LogP contribution in [0.4, 0.5) is 10.9 Å². The Morgan fingerprint density at radius 2 is 1.92 bits per heavy atom. The molecule has 1 amide bonds. The van der Waals surface area contributed by atoms with Gasteiger partial charge in [0.2, 0.25) is 0 Å². The third-order valence-electron chi connectivity index (χ3n) is 9.46. The minimum absolute atomic E-state index is 0.0105. The maximum absolute atomic E-state index is 13.7. The molecule has 246 valence electrons. The summed E-state index contributed by atoms with van der Waals surface area (Å²) < 4.78 is 9.10. The highest BCUT2D eigenvalue weighted by atomic mass is 32.1.